The van der Waals surface area contributed by atoms with Crippen molar-refractivity contribution >= 4 is 41.8 Å². The van der Waals surface area contributed by atoms with Crippen molar-refractivity contribution in [1.29, 1.82) is 0 Å². The summed E-state index contributed by atoms with van der Waals surface area (Å²) in [6, 6.07) is 34.4. The van der Waals surface area contributed by atoms with E-state index >= 15 is 0 Å². The average molecular weight is 848 g/mol. The topological polar surface area (TPSA) is 37.9 Å². The van der Waals surface area contributed by atoms with E-state index in [1.807, 2.05) is 0 Å². The number of para-hydroxylation sites is 4. The first-order chi connectivity index (χ1) is 26.0. The molecule has 0 atom stereocenters. The van der Waals surface area contributed by atoms with Crippen molar-refractivity contribution in [2.75, 3.05) is 98.4 Å². The molecule has 8 rings (SSSR count). The molecule has 4 aromatic rings. The minimum atomic E-state index is -0.106. The molecule has 0 bridgehead atoms. The zero-order valence-electron chi connectivity index (χ0n) is 30.7. The predicted molar refractivity (Wildman–Crippen MR) is 215 cm³/mol. The molecule has 0 aromatic heterocycles. The number of halogens is 2. The van der Waals surface area contributed by atoms with E-state index in [2.05, 4.69) is 154 Å². The number of rotatable bonds is 10. The summed E-state index contributed by atoms with van der Waals surface area (Å²) in [6.45, 7) is 24.8. The van der Waals surface area contributed by atoms with Crippen molar-refractivity contribution in [2.45, 2.75) is 26.9 Å². The van der Waals surface area contributed by atoms with Gasteiger partial charge in [0.1, 0.15) is 0 Å². The van der Waals surface area contributed by atoms with E-state index in [1.54, 1.807) is 0 Å². The number of morpholine rings is 2. The maximum atomic E-state index is 5.44. The monoisotopic (exact) mass is 846 g/mol. The van der Waals surface area contributed by atoms with Crippen LogP contribution < -0.4 is 19.6 Å². The Morgan fingerprint density at radius 3 is 1.17 bits per heavy atom. The number of hydrogen-bond acceptors (Lipinski definition) is 8. The summed E-state index contributed by atoms with van der Waals surface area (Å²) >= 11 is -0.106. The summed E-state index contributed by atoms with van der Waals surface area (Å²) in [4.78, 5) is 14.0. The number of nitrogens with zero attached hydrogens (tertiary/aromatic N) is 6. The van der Waals surface area contributed by atoms with Gasteiger partial charge < -0.3 is 29.1 Å². The zero-order chi connectivity index (χ0) is 36.8. The van der Waals surface area contributed by atoms with E-state index in [0.717, 1.165) is 91.9 Å². The van der Waals surface area contributed by atoms with E-state index in [-0.39, 0.29) is 15.9 Å². The molecule has 2 saturated heterocycles. The van der Waals surface area contributed by atoms with Crippen molar-refractivity contribution in [3.05, 3.63) is 133 Å². The van der Waals surface area contributed by atoms with Crippen molar-refractivity contribution in [2.24, 2.45) is 0 Å². The van der Waals surface area contributed by atoms with Gasteiger partial charge in [0.25, 0.3) is 0 Å². The summed E-state index contributed by atoms with van der Waals surface area (Å²) in [6.07, 6.45) is 0. The van der Waals surface area contributed by atoms with Gasteiger partial charge in [-0.05, 0) is 60.4 Å². The zero-order valence-corrected chi connectivity index (χ0v) is 33.8. The van der Waals surface area contributed by atoms with Gasteiger partial charge in [-0.3, -0.25) is 9.80 Å². The Kier molecular flexibility index (Phi) is 15.6. The van der Waals surface area contributed by atoms with Gasteiger partial charge >= 0.3 is 35.0 Å². The van der Waals surface area contributed by atoms with Gasteiger partial charge in [-0.2, -0.15) is 0 Å². The molecule has 0 spiro atoms. The van der Waals surface area contributed by atoms with Crippen LogP contribution in [0.2, 0.25) is 0 Å². The fraction of sp³-hybridized carbons (Fsp3) is 0.381. The molecule has 4 radical (unpaired) electrons. The summed E-state index contributed by atoms with van der Waals surface area (Å²) < 4.78 is 10.9. The first-order valence-electron chi connectivity index (χ1n) is 18.4. The third kappa shape index (κ3) is 11.1. The van der Waals surface area contributed by atoms with Gasteiger partial charge in [0.15, 0.2) is 0 Å². The van der Waals surface area contributed by atoms with Crippen molar-refractivity contribution in [3.8, 4) is 0 Å². The number of ether oxygens (including phenoxy) is 2. The summed E-state index contributed by atoms with van der Waals surface area (Å²) in [5.41, 5.74) is 10.3. The third-order valence-corrected chi connectivity index (χ3v) is 10.1. The van der Waals surface area contributed by atoms with E-state index in [4.69, 9.17) is 28.5 Å². The Bertz CT molecular complexity index is 1580. The standard InChI is InChI=1S/2C21H25N3O.2ClH.Pd/c2*1-18-6-2-3-7-19(18)16-24-17-23(20-8-4-5-9-21(20)24)11-10-22-12-14-25-15-13-22;;;/h2*2-9H,10-16H2,1H3;2*1H;/q;;;;+2/p-2. The normalized spacial score (nSPS) is 17.2. The van der Waals surface area contributed by atoms with E-state index in [1.165, 1.54) is 45.0 Å². The Morgan fingerprint density at radius 1 is 0.491 bits per heavy atom. The molecule has 4 aliphatic rings. The molecule has 4 heterocycles. The second kappa shape index (κ2) is 20.7. The van der Waals surface area contributed by atoms with Gasteiger partial charge in [-0.25, -0.2) is 0 Å². The Balaban J connectivity index is 0.000000169. The molecule has 0 unspecified atom stereocenters. The number of hydrogen-bond donors (Lipinski definition) is 0. The first-order valence-corrected chi connectivity index (χ1v) is 22.4. The van der Waals surface area contributed by atoms with Crippen LogP contribution >= 0.6 is 19.1 Å². The molecule has 4 aromatic carbocycles. The fourth-order valence-corrected chi connectivity index (χ4v) is 6.98. The van der Waals surface area contributed by atoms with E-state index in [0.29, 0.717) is 0 Å². The first kappa shape index (κ1) is 39.8. The van der Waals surface area contributed by atoms with Crippen LogP contribution in [0, 0.1) is 27.2 Å². The van der Waals surface area contributed by atoms with Crippen LogP contribution in [-0.2, 0) is 38.5 Å². The van der Waals surface area contributed by atoms with Crippen molar-refractivity contribution in [3.63, 3.8) is 0 Å². The predicted octanol–water partition coefficient (Wildman–Crippen LogP) is 7.68. The molecule has 2 fully saturated rings. The van der Waals surface area contributed by atoms with Gasteiger partial charge in [0.05, 0.1) is 49.2 Å². The van der Waals surface area contributed by atoms with Crippen LogP contribution in [0.25, 0.3) is 0 Å². The van der Waals surface area contributed by atoms with Crippen molar-refractivity contribution in [1.82, 2.24) is 9.80 Å². The fourth-order valence-electron chi connectivity index (χ4n) is 6.98. The second-order valence-corrected chi connectivity index (χ2v) is 15.8. The second-order valence-electron chi connectivity index (χ2n) is 13.5. The molecule has 11 heteroatoms. The van der Waals surface area contributed by atoms with Gasteiger partial charge in [-0.1, -0.05) is 72.8 Å². The summed E-state index contributed by atoms with van der Waals surface area (Å²) in [5.74, 6) is 0. The Hall–Kier alpha value is -2.84. The molecule has 0 amide bonds. The molecule has 4 aliphatic heterocycles. The van der Waals surface area contributed by atoms with Crippen molar-refractivity contribution < 1.29 is 25.4 Å². The molecular weight excluding hydrogens is 798 g/mol. The number of anilines is 4. The van der Waals surface area contributed by atoms with Crippen LogP contribution in [-0.4, -0.2) is 88.6 Å². The maximum absolute atomic E-state index is 5.44. The molecule has 284 valence electrons. The quantitative estimate of drug-likeness (QED) is 0.151. The van der Waals surface area contributed by atoms with Gasteiger partial charge in [0, 0.05) is 65.4 Å². The summed E-state index contributed by atoms with van der Waals surface area (Å²) in [7, 11) is 9.63. The van der Waals surface area contributed by atoms with Crippen LogP contribution in [0.3, 0.4) is 0 Å². The average Bonchev–Trinajstić information content (AvgIpc) is 3.73. The van der Waals surface area contributed by atoms with Crippen LogP contribution in [0.1, 0.15) is 22.3 Å². The number of benzene rings is 4. The summed E-state index contributed by atoms with van der Waals surface area (Å²) in [5, 5.41) is 0. The third-order valence-electron chi connectivity index (χ3n) is 10.1. The number of aryl methyl sites for hydroxylation is 2. The molecule has 0 N–H and O–H groups in total. The molecule has 0 aliphatic carbocycles. The molecule has 0 saturated carbocycles. The molecule has 53 heavy (non-hydrogen) atoms. The Labute approximate surface area is 333 Å². The minimum absolute atomic E-state index is 0.106. The SMILES string of the molecule is Cc1ccccc1CN1[C]N(CCN2CCOCC2)c2ccccc21.Cc1ccccc1CN1[C]N(CCN2CCOCC2)c2ccccc21.[Cl][Pd][Cl]. The van der Waals surface area contributed by atoms with Gasteiger partial charge in [-0.15, -0.1) is 0 Å². The van der Waals surface area contributed by atoms with E-state index < -0.39 is 0 Å². The molecular formula is C42H50Cl2N6O2Pd. The Morgan fingerprint density at radius 2 is 0.811 bits per heavy atom. The number of fused-ring (bicyclic) bond motifs is 2. The van der Waals surface area contributed by atoms with Gasteiger partial charge in [0.2, 0.25) is 13.3 Å². The van der Waals surface area contributed by atoms with Crippen LogP contribution in [0.5, 0.6) is 0 Å². The molecule has 8 nitrogen and oxygen atoms in total. The van der Waals surface area contributed by atoms with E-state index in [9.17, 15) is 0 Å². The van der Waals surface area contributed by atoms with Crippen LogP contribution in [0.15, 0.2) is 97.1 Å². The van der Waals surface area contributed by atoms with Crippen LogP contribution in [0.4, 0.5) is 22.7 Å².